The highest BCUT2D eigenvalue weighted by Gasteiger charge is 2.33. The zero-order valence-corrected chi connectivity index (χ0v) is 22.8. The molecule has 9 N–H and O–H groups in total. The van der Waals surface area contributed by atoms with Gasteiger partial charge < -0.3 is 42.2 Å². The van der Waals surface area contributed by atoms with Gasteiger partial charge >= 0.3 is 5.97 Å². The average Bonchev–Trinajstić information content (AvgIpc) is 3.64. The number of carbonyl (C=O) groups is 5. The van der Waals surface area contributed by atoms with Gasteiger partial charge in [-0.1, -0.05) is 30.3 Å². The minimum atomic E-state index is -1.35. The molecule has 13 heteroatoms. The number of nitrogens with one attached hydrogen (secondary N) is 5. The van der Waals surface area contributed by atoms with Crippen molar-refractivity contribution in [2.75, 3.05) is 6.54 Å². The number of benzene rings is 2. The van der Waals surface area contributed by atoms with Crippen LogP contribution in [-0.4, -0.2) is 75.5 Å². The monoisotopic (exact) mass is 578 g/mol. The van der Waals surface area contributed by atoms with Crippen LogP contribution in [0.3, 0.4) is 0 Å². The highest BCUT2D eigenvalue weighted by molar-refractivity contribution is 5.96. The first-order valence-electron chi connectivity index (χ1n) is 13.6. The summed E-state index contributed by atoms with van der Waals surface area (Å²) in [6.07, 6.45) is 2.45. The number of carboxylic acid groups (broad SMARTS) is 1. The first kappa shape index (κ1) is 30.1. The molecule has 4 atom stereocenters. The molecule has 4 unspecified atom stereocenters. The summed E-state index contributed by atoms with van der Waals surface area (Å²) in [4.78, 5) is 66.6. The standard InChI is InChI=1S/C29H34N6O7/c30-25(37)14-23(34-26(38)21-6-3-11-31-21)28(40)33-22(13-17-15-32-20-5-2-1-4-19(17)20)27(39)35-24(29(41)42)12-16-7-9-18(36)10-8-16/h1-2,4-5,7-10,15,21-24,31-32,36H,3,6,11-14H2,(H2,30,37)(H,33,40)(H,34,38)(H,35,39)(H,41,42). The third-order valence-corrected chi connectivity index (χ3v) is 7.14. The van der Waals surface area contributed by atoms with Crippen molar-refractivity contribution in [2.24, 2.45) is 5.73 Å². The van der Waals surface area contributed by atoms with Gasteiger partial charge in [-0.05, 0) is 48.7 Å². The van der Waals surface area contributed by atoms with Crippen LogP contribution in [0.5, 0.6) is 5.75 Å². The van der Waals surface area contributed by atoms with E-state index in [0.717, 1.165) is 17.3 Å². The number of aromatic hydroxyl groups is 1. The van der Waals surface area contributed by atoms with Crippen molar-refractivity contribution in [1.82, 2.24) is 26.3 Å². The van der Waals surface area contributed by atoms with Gasteiger partial charge in [-0.25, -0.2) is 4.79 Å². The molecule has 4 amide bonds. The SMILES string of the molecule is NC(=O)CC(NC(=O)C1CCCN1)C(=O)NC(Cc1c[nH]c2ccccc12)C(=O)NC(Cc1ccc(O)cc1)C(=O)O. The van der Waals surface area contributed by atoms with E-state index in [1.54, 1.807) is 18.3 Å². The summed E-state index contributed by atoms with van der Waals surface area (Å²) in [6.45, 7) is 0.645. The molecule has 222 valence electrons. The number of aromatic amines is 1. The first-order chi connectivity index (χ1) is 20.1. The number of phenols is 1. The highest BCUT2D eigenvalue weighted by atomic mass is 16.4. The summed E-state index contributed by atoms with van der Waals surface area (Å²) >= 11 is 0. The lowest BCUT2D eigenvalue weighted by molar-refractivity contribution is -0.142. The number of aliphatic carboxylic acids is 1. The van der Waals surface area contributed by atoms with Crippen molar-refractivity contribution >= 4 is 40.5 Å². The highest BCUT2D eigenvalue weighted by Crippen LogP contribution is 2.20. The number of aromatic nitrogens is 1. The quantitative estimate of drug-likeness (QED) is 0.136. The Labute approximate surface area is 241 Å². The molecule has 3 aromatic rings. The third-order valence-electron chi connectivity index (χ3n) is 7.14. The van der Waals surface area contributed by atoms with Crippen molar-refractivity contribution in [2.45, 2.75) is 56.3 Å². The molecule has 0 bridgehead atoms. The second-order valence-corrected chi connectivity index (χ2v) is 10.3. The van der Waals surface area contributed by atoms with Crippen molar-refractivity contribution in [3.63, 3.8) is 0 Å². The Morgan fingerprint density at radius 1 is 0.905 bits per heavy atom. The zero-order chi connectivity index (χ0) is 30.2. The number of primary amides is 1. The molecular weight excluding hydrogens is 544 g/mol. The van der Waals surface area contributed by atoms with Crippen molar-refractivity contribution in [3.8, 4) is 5.75 Å². The van der Waals surface area contributed by atoms with E-state index in [9.17, 15) is 34.2 Å². The Morgan fingerprint density at radius 3 is 2.26 bits per heavy atom. The van der Waals surface area contributed by atoms with Gasteiger partial charge in [0.2, 0.25) is 23.6 Å². The maximum Gasteiger partial charge on any atom is 0.326 e. The van der Waals surface area contributed by atoms with Crippen LogP contribution in [0.4, 0.5) is 0 Å². The van der Waals surface area contributed by atoms with Crippen LogP contribution in [0.2, 0.25) is 0 Å². The summed E-state index contributed by atoms with van der Waals surface area (Å²) < 4.78 is 0. The molecule has 1 aliphatic heterocycles. The van der Waals surface area contributed by atoms with Gasteiger partial charge in [0.1, 0.15) is 23.9 Å². The van der Waals surface area contributed by atoms with Crippen LogP contribution in [0.15, 0.2) is 54.7 Å². The van der Waals surface area contributed by atoms with Gasteiger partial charge in [-0.2, -0.15) is 0 Å². The molecule has 0 spiro atoms. The molecular formula is C29H34N6O7. The number of amides is 4. The molecule has 1 saturated heterocycles. The fraction of sp³-hybridized carbons (Fsp3) is 0.345. The predicted molar refractivity (Wildman–Crippen MR) is 152 cm³/mol. The first-order valence-corrected chi connectivity index (χ1v) is 13.6. The molecule has 13 nitrogen and oxygen atoms in total. The Bertz CT molecular complexity index is 1450. The maximum atomic E-state index is 13.5. The number of carboxylic acids is 1. The van der Waals surface area contributed by atoms with E-state index in [1.807, 2.05) is 24.3 Å². The van der Waals surface area contributed by atoms with Crippen LogP contribution >= 0.6 is 0 Å². The molecule has 1 aliphatic rings. The Morgan fingerprint density at radius 2 is 1.60 bits per heavy atom. The average molecular weight is 579 g/mol. The second-order valence-electron chi connectivity index (χ2n) is 10.3. The molecule has 4 rings (SSSR count). The summed E-state index contributed by atoms with van der Waals surface area (Å²) in [6, 6.07) is 8.76. The van der Waals surface area contributed by atoms with Crippen molar-refractivity contribution < 1.29 is 34.2 Å². The number of carbonyl (C=O) groups excluding carboxylic acids is 4. The molecule has 0 radical (unpaired) electrons. The molecule has 2 heterocycles. The second kappa shape index (κ2) is 13.6. The Balaban J connectivity index is 1.56. The minimum absolute atomic E-state index is 0.0116. The number of fused-ring (bicyclic) bond motifs is 1. The molecule has 0 saturated carbocycles. The number of hydrogen-bond acceptors (Lipinski definition) is 7. The summed E-state index contributed by atoms with van der Waals surface area (Å²) in [5.41, 5.74) is 7.40. The number of para-hydroxylation sites is 1. The fourth-order valence-corrected chi connectivity index (χ4v) is 4.93. The van der Waals surface area contributed by atoms with Crippen LogP contribution < -0.4 is 27.0 Å². The summed E-state index contributed by atoms with van der Waals surface area (Å²) in [5.74, 6) is -4.17. The summed E-state index contributed by atoms with van der Waals surface area (Å²) in [7, 11) is 0. The molecule has 2 aromatic carbocycles. The van der Waals surface area contributed by atoms with Crippen molar-refractivity contribution in [3.05, 3.63) is 65.9 Å². The molecule has 1 aromatic heterocycles. The van der Waals surface area contributed by atoms with E-state index < -0.39 is 60.2 Å². The Kier molecular flexibility index (Phi) is 9.76. The van der Waals surface area contributed by atoms with E-state index in [2.05, 4.69) is 26.3 Å². The Hall–Kier alpha value is -4.91. The number of phenolic OH excluding ortho intramolecular Hbond substituents is 1. The maximum absolute atomic E-state index is 13.5. The molecule has 42 heavy (non-hydrogen) atoms. The smallest absolute Gasteiger partial charge is 0.326 e. The van der Waals surface area contributed by atoms with Gasteiger partial charge in [0.15, 0.2) is 0 Å². The number of H-pyrrole nitrogens is 1. The van der Waals surface area contributed by atoms with E-state index in [0.29, 0.717) is 24.1 Å². The lowest BCUT2D eigenvalue weighted by Gasteiger charge is -2.25. The van der Waals surface area contributed by atoms with Gasteiger partial charge in [0, 0.05) is 29.9 Å². The molecule has 0 aliphatic carbocycles. The van der Waals surface area contributed by atoms with E-state index in [1.165, 1.54) is 12.1 Å². The van der Waals surface area contributed by atoms with Gasteiger partial charge in [-0.3, -0.25) is 19.2 Å². The van der Waals surface area contributed by atoms with E-state index in [4.69, 9.17) is 5.73 Å². The normalized spacial score (nSPS) is 16.7. The predicted octanol–water partition coefficient (Wildman–Crippen LogP) is -0.175. The number of hydrogen-bond donors (Lipinski definition) is 8. The lowest BCUT2D eigenvalue weighted by Crippen LogP contribution is -2.58. The van der Waals surface area contributed by atoms with Gasteiger partial charge in [0.05, 0.1) is 12.5 Å². The minimum Gasteiger partial charge on any atom is -0.508 e. The number of rotatable bonds is 13. The number of nitrogens with two attached hydrogens (primary N) is 1. The van der Waals surface area contributed by atoms with Gasteiger partial charge in [0.25, 0.3) is 0 Å². The van der Waals surface area contributed by atoms with Crippen LogP contribution in [0.1, 0.15) is 30.4 Å². The van der Waals surface area contributed by atoms with E-state index in [-0.39, 0.29) is 18.6 Å². The lowest BCUT2D eigenvalue weighted by atomic mass is 10.0. The summed E-state index contributed by atoms with van der Waals surface area (Å²) in [5, 5.41) is 30.8. The van der Waals surface area contributed by atoms with Crippen molar-refractivity contribution in [1.29, 1.82) is 0 Å². The molecule has 1 fully saturated rings. The van der Waals surface area contributed by atoms with Crippen LogP contribution in [-0.2, 0) is 36.8 Å². The largest absolute Gasteiger partial charge is 0.508 e. The van der Waals surface area contributed by atoms with Gasteiger partial charge in [-0.15, -0.1) is 0 Å². The van der Waals surface area contributed by atoms with Crippen LogP contribution in [0.25, 0.3) is 10.9 Å². The fourth-order valence-electron chi connectivity index (χ4n) is 4.93. The zero-order valence-electron chi connectivity index (χ0n) is 22.8. The third kappa shape index (κ3) is 7.85. The van der Waals surface area contributed by atoms with Crippen LogP contribution in [0, 0.1) is 0 Å². The topological polar surface area (TPSA) is 216 Å². The van der Waals surface area contributed by atoms with E-state index >= 15 is 0 Å².